The van der Waals surface area contributed by atoms with Crippen LogP contribution in [0.5, 0.6) is 17.2 Å². The molecule has 0 heterocycles. The smallest absolute Gasteiger partial charge is 0.160 e. The van der Waals surface area contributed by atoms with Gasteiger partial charge in [0.2, 0.25) is 0 Å². The van der Waals surface area contributed by atoms with Gasteiger partial charge in [-0.2, -0.15) is 0 Å². The maximum absolute atomic E-state index is 9.27. The van der Waals surface area contributed by atoms with Crippen LogP contribution in [0.3, 0.4) is 0 Å². The molecule has 0 saturated carbocycles. The van der Waals surface area contributed by atoms with Gasteiger partial charge in [-0.15, -0.1) is 0 Å². The lowest BCUT2D eigenvalue weighted by Crippen LogP contribution is -1.84. The van der Waals surface area contributed by atoms with E-state index in [1.807, 2.05) is 50.2 Å². The predicted molar refractivity (Wildman–Crippen MR) is 77.1 cm³/mol. The fourth-order valence-corrected chi connectivity index (χ4v) is 1.54. The minimum absolute atomic E-state index is 0.227. The van der Waals surface area contributed by atoms with Gasteiger partial charge in [-0.25, -0.2) is 0 Å². The molecule has 0 atom stereocenters. The van der Waals surface area contributed by atoms with Crippen molar-refractivity contribution in [2.24, 2.45) is 0 Å². The van der Waals surface area contributed by atoms with E-state index >= 15 is 0 Å². The average Bonchev–Trinajstić information content (AvgIpc) is 2.42. The molecule has 0 bridgehead atoms. The summed E-state index contributed by atoms with van der Waals surface area (Å²) in [5.41, 5.74) is 2.06. The van der Waals surface area contributed by atoms with E-state index in [4.69, 9.17) is 9.47 Å². The summed E-state index contributed by atoms with van der Waals surface area (Å²) in [6, 6.07) is 13.4. The predicted octanol–water partition coefficient (Wildman–Crippen LogP) is 3.71. The van der Waals surface area contributed by atoms with Crippen molar-refractivity contribution in [2.75, 3.05) is 14.2 Å². The fourth-order valence-electron chi connectivity index (χ4n) is 1.54. The lowest BCUT2D eigenvalue weighted by atomic mass is 10.2. The lowest BCUT2D eigenvalue weighted by molar-refractivity contribution is 0.372. The van der Waals surface area contributed by atoms with Crippen LogP contribution < -0.4 is 9.47 Å². The maximum atomic E-state index is 9.27. The molecule has 0 spiro atoms. The maximum Gasteiger partial charge on any atom is 0.160 e. The number of aromatic hydroxyl groups is 1. The first-order valence-corrected chi connectivity index (χ1v) is 6.01. The molecule has 0 aliphatic carbocycles. The Morgan fingerprint density at radius 3 is 2.05 bits per heavy atom. The van der Waals surface area contributed by atoms with Crippen LogP contribution in [-0.2, 0) is 0 Å². The lowest BCUT2D eigenvalue weighted by Gasteiger charge is -2.03. The molecule has 0 aromatic heterocycles. The van der Waals surface area contributed by atoms with Gasteiger partial charge in [0.25, 0.3) is 0 Å². The number of rotatable bonds is 2. The minimum Gasteiger partial charge on any atom is -0.504 e. The Hall–Kier alpha value is -2.16. The summed E-state index contributed by atoms with van der Waals surface area (Å²) in [4.78, 5) is 0. The quantitative estimate of drug-likeness (QED) is 0.894. The van der Waals surface area contributed by atoms with Crippen LogP contribution >= 0.6 is 0 Å². The molecule has 0 aliphatic rings. The number of ether oxygens (including phenoxy) is 2. The zero-order valence-corrected chi connectivity index (χ0v) is 11.8. The number of benzene rings is 2. The highest BCUT2D eigenvalue weighted by Gasteiger charge is 2.00. The normalized spacial score (nSPS) is 9.26. The molecule has 0 radical (unpaired) electrons. The number of phenolic OH excluding ortho intramolecular Hbond substituents is 1. The summed E-state index contributed by atoms with van der Waals surface area (Å²) in [5.74, 6) is 1.68. The highest BCUT2D eigenvalue weighted by Crippen LogP contribution is 2.27. The first-order chi connectivity index (χ1) is 9.08. The molecule has 0 fully saturated rings. The molecule has 102 valence electrons. The summed E-state index contributed by atoms with van der Waals surface area (Å²) >= 11 is 0. The van der Waals surface area contributed by atoms with E-state index in [0.29, 0.717) is 5.75 Å². The van der Waals surface area contributed by atoms with E-state index in [1.165, 1.54) is 12.7 Å². The molecule has 2 rings (SSSR count). The van der Waals surface area contributed by atoms with Gasteiger partial charge in [0, 0.05) is 0 Å². The Bertz CT molecular complexity index is 521. The van der Waals surface area contributed by atoms with Gasteiger partial charge < -0.3 is 14.6 Å². The summed E-state index contributed by atoms with van der Waals surface area (Å²) in [6.45, 7) is 3.88. The molecule has 2 aromatic rings. The van der Waals surface area contributed by atoms with Gasteiger partial charge in [-0.1, -0.05) is 24.3 Å². The summed E-state index contributed by atoms with van der Waals surface area (Å²) in [6.07, 6.45) is 0. The van der Waals surface area contributed by atoms with Crippen molar-refractivity contribution in [1.29, 1.82) is 0 Å². The third-order valence-corrected chi connectivity index (χ3v) is 2.65. The van der Waals surface area contributed by atoms with Crippen molar-refractivity contribution in [3.63, 3.8) is 0 Å². The van der Waals surface area contributed by atoms with Gasteiger partial charge in [0.05, 0.1) is 14.2 Å². The van der Waals surface area contributed by atoms with Gasteiger partial charge >= 0.3 is 0 Å². The van der Waals surface area contributed by atoms with Crippen molar-refractivity contribution in [1.82, 2.24) is 0 Å². The molecular weight excluding hydrogens is 240 g/mol. The highest BCUT2D eigenvalue weighted by atomic mass is 16.5. The first-order valence-electron chi connectivity index (χ1n) is 6.01. The van der Waals surface area contributed by atoms with Crippen LogP contribution in [0.25, 0.3) is 0 Å². The molecule has 0 unspecified atom stereocenters. The standard InChI is InChI=1S/C8H10O2.C8H10O/c1-6-4-3-5-7(10-2)8(6)9;1-7-4-3-5-8(6-7)9-2/h3-5,9H,1-2H3;3-6H,1-2H3. The number of hydrogen-bond donors (Lipinski definition) is 1. The third kappa shape index (κ3) is 4.54. The number of para-hydroxylation sites is 1. The summed E-state index contributed by atoms with van der Waals surface area (Å²) in [7, 11) is 3.21. The monoisotopic (exact) mass is 260 g/mol. The van der Waals surface area contributed by atoms with Crippen molar-refractivity contribution in [3.05, 3.63) is 53.6 Å². The summed E-state index contributed by atoms with van der Waals surface area (Å²) in [5, 5.41) is 9.27. The van der Waals surface area contributed by atoms with Crippen LogP contribution in [0.4, 0.5) is 0 Å². The summed E-state index contributed by atoms with van der Waals surface area (Å²) < 4.78 is 9.87. The van der Waals surface area contributed by atoms with Crippen LogP contribution in [0.1, 0.15) is 11.1 Å². The zero-order valence-electron chi connectivity index (χ0n) is 11.8. The van der Waals surface area contributed by atoms with Crippen molar-refractivity contribution in [3.8, 4) is 17.2 Å². The second-order valence-electron chi connectivity index (χ2n) is 4.15. The Kier molecular flexibility index (Phi) is 5.73. The average molecular weight is 260 g/mol. The largest absolute Gasteiger partial charge is 0.504 e. The number of phenols is 1. The van der Waals surface area contributed by atoms with E-state index in [2.05, 4.69) is 0 Å². The van der Waals surface area contributed by atoms with Gasteiger partial charge in [0.15, 0.2) is 11.5 Å². The van der Waals surface area contributed by atoms with Crippen molar-refractivity contribution in [2.45, 2.75) is 13.8 Å². The minimum atomic E-state index is 0.227. The molecule has 19 heavy (non-hydrogen) atoms. The van der Waals surface area contributed by atoms with Crippen LogP contribution in [0, 0.1) is 13.8 Å². The Morgan fingerprint density at radius 1 is 0.895 bits per heavy atom. The molecule has 3 nitrogen and oxygen atoms in total. The fraction of sp³-hybridized carbons (Fsp3) is 0.250. The van der Waals surface area contributed by atoms with E-state index < -0.39 is 0 Å². The zero-order chi connectivity index (χ0) is 14.3. The number of aryl methyl sites for hydroxylation is 2. The topological polar surface area (TPSA) is 38.7 Å². The second kappa shape index (κ2) is 7.31. The molecule has 0 amide bonds. The van der Waals surface area contributed by atoms with E-state index in [0.717, 1.165) is 11.3 Å². The number of hydrogen-bond acceptors (Lipinski definition) is 3. The Morgan fingerprint density at radius 2 is 1.58 bits per heavy atom. The third-order valence-electron chi connectivity index (χ3n) is 2.65. The van der Waals surface area contributed by atoms with Gasteiger partial charge in [0.1, 0.15) is 5.75 Å². The van der Waals surface area contributed by atoms with Gasteiger partial charge in [-0.3, -0.25) is 0 Å². The van der Waals surface area contributed by atoms with Crippen LogP contribution in [0.2, 0.25) is 0 Å². The SMILES string of the molecule is COc1cccc(C)c1.COc1cccc(C)c1O. The van der Waals surface area contributed by atoms with Gasteiger partial charge in [-0.05, 0) is 43.2 Å². The first kappa shape index (κ1) is 14.9. The second-order valence-corrected chi connectivity index (χ2v) is 4.15. The molecule has 0 aliphatic heterocycles. The Balaban J connectivity index is 0.000000191. The van der Waals surface area contributed by atoms with E-state index in [-0.39, 0.29) is 5.75 Å². The molecule has 0 saturated heterocycles. The van der Waals surface area contributed by atoms with Crippen LogP contribution in [-0.4, -0.2) is 19.3 Å². The Labute approximate surface area is 114 Å². The van der Waals surface area contributed by atoms with E-state index in [9.17, 15) is 5.11 Å². The molecule has 1 N–H and O–H groups in total. The highest BCUT2D eigenvalue weighted by molar-refractivity contribution is 5.44. The van der Waals surface area contributed by atoms with Crippen molar-refractivity contribution < 1.29 is 14.6 Å². The molecule has 2 aromatic carbocycles. The number of methoxy groups -OCH3 is 2. The van der Waals surface area contributed by atoms with Crippen molar-refractivity contribution >= 4 is 0 Å². The molecular formula is C16H20O3. The van der Waals surface area contributed by atoms with Crippen LogP contribution in [0.15, 0.2) is 42.5 Å². The molecule has 3 heteroatoms. The van der Waals surface area contributed by atoms with E-state index in [1.54, 1.807) is 13.2 Å².